The number of hydrogen-bond donors (Lipinski definition) is 3. The number of piperazine rings is 1. The average Bonchev–Trinajstić information content (AvgIpc) is 3.44. The largest absolute Gasteiger partial charge is 0.368 e. The van der Waals surface area contributed by atoms with Gasteiger partial charge in [-0.25, -0.2) is 9.97 Å². The molecule has 3 aromatic heterocycles. The molecule has 4 aromatic rings. The third-order valence-corrected chi connectivity index (χ3v) is 6.39. The summed E-state index contributed by atoms with van der Waals surface area (Å²) in [5.74, 6) is 0.644. The Morgan fingerprint density at radius 2 is 1.88 bits per heavy atom. The molecule has 1 fully saturated rings. The molecule has 1 aromatic carbocycles. The maximum Gasteiger partial charge on any atom is 0.254 e. The van der Waals surface area contributed by atoms with Crippen LogP contribution in [0.1, 0.15) is 21.5 Å². The van der Waals surface area contributed by atoms with Crippen molar-refractivity contribution in [2.45, 2.75) is 13.5 Å². The number of nitrogens with zero attached hydrogens (tertiary/aromatic N) is 4. The van der Waals surface area contributed by atoms with Gasteiger partial charge in [-0.3, -0.25) is 9.20 Å². The van der Waals surface area contributed by atoms with E-state index in [4.69, 9.17) is 0 Å². The molecule has 8 nitrogen and oxygen atoms in total. The number of nitrogens with one attached hydrogen (secondary N) is 3. The minimum atomic E-state index is -0.0724. The number of amides is 1. The molecule has 1 amide bonds. The van der Waals surface area contributed by atoms with Gasteiger partial charge in [-0.05, 0) is 42.3 Å². The summed E-state index contributed by atoms with van der Waals surface area (Å²) in [6, 6.07) is 12.1. The predicted molar refractivity (Wildman–Crippen MR) is 129 cm³/mol. The van der Waals surface area contributed by atoms with E-state index in [1.165, 1.54) is 0 Å². The highest BCUT2D eigenvalue weighted by molar-refractivity contribution is 6.06. The summed E-state index contributed by atoms with van der Waals surface area (Å²) >= 11 is 0. The lowest BCUT2D eigenvalue weighted by Crippen LogP contribution is -2.43. The van der Waals surface area contributed by atoms with Crippen LogP contribution in [-0.4, -0.2) is 46.5 Å². The van der Waals surface area contributed by atoms with E-state index < -0.39 is 0 Å². The quantitative estimate of drug-likeness (QED) is 0.453. The minimum Gasteiger partial charge on any atom is -0.368 e. The second-order valence-electron chi connectivity index (χ2n) is 8.54. The van der Waals surface area contributed by atoms with Crippen molar-refractivity contribution >= 4 is 28.7 Å². The van der Waals surface area contributed by atoms with Crippen molar-refractivity contribution in [3.8, 4) is 11.3 Å². The van der Waals surface area contributed by atoms with E-state index >= 15 is 0 Å². The molecule has 0 aliphatic carbocycles. The van der Waals surface area contributed by atoms with Gasteiger partial charge >= 0.3 is 0 Å². The highest BCUT2D eigenvalue weighted by Gasteiger charge is 2.27. The zero-order chi connectivity index (χ0) is 22.4. The fourth-order valence-electron chi connectivity index (χ4n) is 4.69. The van der Waals surface area contributed by atoms with Crippen LogP contribution >= 0.6 is 0 Å². The van der Waals surface area contributed by atoms with Crippen LogP contribution in [0.15, 0.2) is 55.0 Å². The molecule has 1 saturated heterocycles. The van der Waals surface area contributed by atoms with Gasteiger partial charge in [0.15, 0.2) is 0 Å². The molecular weight excluding hydrogens is 414 g/mol. The molecular formula is C25H25N7O. The Morgan fingerprint density at radius 3 is 2.70 bits per heavy atom. The molecule has 0 spiro atoms. The van der Waals surface area contributed by atoms with Crippen LogP contribution in [0.2, 0.25) is 0 Å². The van der Waals surface area contributed by atoms with E-state index in [1.54, 1.807) is 0 Å². The molecule has 0 bridgehead atoms. The van der Waals surface area contributed by atoms with Crippen LogP contribution in [0, 0.1) is 6.92 Å². The number of anilines is 3. The number of rotatable bonds is 4. The van der Waals surface area contributed by atoms with Crippen molar-refractivity contribution in [3.05, 3.63) is 71.7 Å². The van der Waals surface area contributed by atoms with Gasteiger partial charge < -0.3 is 20.9 Å². The first kappa shape index (κ1) is 19.8. The van der Waals surface area contributed by atoms with E-state index in [0.717, 1.165) is 65.6 Å². The molecule has 6 rings (SSSR count). The van der Waals surface area contributed by atoms with Crippen LogP contribution in [0.4, 0.5) is 17.2 Å². The van der Waals surface area contributed by atoms with Crippen LogP contribution in [0.25, 0.3) is 16.9 Å². The van der Waals surface area contributed by atoms with Gasteiger partial charge in [-0.15, -0.1) is 0 Å². The number of aryl methyl sites for hydroxylation is 1. The second kappa shape index (κ2) is 7.90. The summed E-state index contributed by atoms with van der Waals surface area (Å²) < 4.78 is 2.08. The fourth-order valence-corrected chi connectivity index (χ4v) is 4.69. The van der Waals surface area contributed by atoms with Gasteiger partial charge in [0.1, 0.15) is 11.5 Å². The number of pyridine rings is 2. The predicted octanol–water partition coefficient (Wildman–Crippen LogP) is 3.10. The van der Waals surface area contributed by atoms with Crippen molar-refractivity contribution in [2.75, 3.05) is 36.4 Å². The summed E-state index contributed by atoms with van der Waals surface area (Å²) in [6.45, 7) is 6.48. The lowest BCUT2D eigenvalue weighted by molar-refractivity contribution is 0.0966. The number of fused-ring (bicyclic) bond motifs is 2. The van der Waals surface area contributed by atoms with Gasteiger partial charge in [-0.2, -0.15) is 0 Å². The molecule has 0 atom stereocenters. The van der Waals surface area contributed by atoms with Crippen molar-refractivity contribution in [3.63, 3.8) is 0 Å². The fraction of sp³-hybridized carbons (Fsp3) is 0.240. The summed E-state index contributed by atoms with van der Waals surface area (Å²) in [5.41, 5.74) is 7.55. The Hall–Kier alpha value is -3.91. The molecule has 8 heteroatoms. The lowest BCUT2D eigenvalue weighted by Gasteiger charge is -2.29. The number of imidazole rings is 1. The lowest BCUT2D eigenvalue weighted by atomic mass is 9.99. The van der Waals surface area contributed by atoms with Crippen molar-refractivity contribution in [2.24, 2.45) is 0 Å². The maximum absolute atomic E-state index is 12.8. The molecule has 0 radical (unpaired) electrons. The van der Waals surface area contributed by atoms with Gasteiger partial charge in [0, 0.05) is 44.5 Å². The third kappa shape index (κ3) is 3.48. The van der Waals surface area contributed by atoms with E-state index in [-0.39, 0.29) is 5.91 Å². The number of hydrogen-bond acceptors (Lipinski definition) is 6. The van der Waals surface area contributed by atoms with E-state index in [0.29, 0.717) is 17.9 Å². The summed E-state index contributed by atoms with van der Waals surface area (Å²) in [4.78, 5) is 24.2. The zero-order valence-electron chi connectivity index (χ0n) is 18.4. The summed E-state index contributed by atoms with van der Waals surface area (Å²) in [7, 11) is 0. The standard InChI is InChI=1S/C25H25N7O/c1-16-2-7-23-28-14-21(32(23)15-16)18-4-5-20(24-19(18)13-29-25(24)33)30-22-6-3-17(12-27-22)31-10-8-26-9-11-31/h2-7,12,14-15,26H,8-11,13H2,1H3,(H,27,30)(H,29,33). The Balaban J connectivity index is 1.34. The SMILES string of the molecule is Cc1ccc2ncc(-c3ccc(Nc4ccc(N5CCNCC5)cn4)c4c3CNC4=O)n2c1. The molecule has 166 valence electrons. The van der Waals surface area contributed by atoms with Crippen molar-refractivity contribution in [1.82, 2.24) is 25.0 Å². The monoisotopic (exact) mass is 439 g/mol. The topological polar surface area (TPSA) is 86.6 Å². The Morgan fingerprint density at radius 1 is 1.00 bits per heavy atom. The summed E-state index contributed by atoms with van der Waals surface area (Å²) in [6.07, 6.45) is 5.84. The Bertz CT molecular complexity index is 1350. The summed E-state index contributed by atoms with van der Waals surface area (Å²) in [5, 5.41) is 9.71. The van der Waals surface area contributed by atoms with Gasteiger partial charge in [0.2, 0.25) is 0 Å². The van der Waals surface area contributed by atoms with Gasteiger partial charge in [0.25, 0.3) is 5.91 Å². The smallest absolute Gasteiger partial charge is 0.254 e. The molecule has 3 N–H and O–H groups in total. The maximum atomic E-state index is 12.8. The normalized spacial score (nSPS) is 15.5. The molecule has 2 aliphatic heterocycles. The molecule has 2 aliphatic rings. The second-order valence-corrected chi connectivity index (χ2v) is 8.54. The van der Waals surface area contributed by atoms with Gasteiger partial charge in [-0.1, -0.05) is 12.1 Å². The van der Waals surface area contributed by atoms with Crippen LogP contribution in [0.5, 0.6) is 0 Å². The molecule has 5 heterocycles. The van der Waals surface area contributed by atoms with Crippen LogP contribution < -0.4 is 20.9 Å². The first-order chi connectivity index (χ1) is 16.2. The zero-order valence-corrected chi connectivity index (χ0v) is 18.4. The number of benzene rings is 1. The Kier molecular flexibility index (Phi) is 4.73. The number of carbonyl (C=O) groups excluding carboxylic acids is 1. The first-order valence-electron chi connectivity index (χ1n) is 11.2. The first-order valence-corrected chi connectivity index (χ1v) is 11.2. The van der Waals surface area contributed by atoms with Crippen molar-refractivity contribution < 1.29 is 4.79 Å². The average molecular weight is 440 g/mol. The van der Waals surface area contributed by atoms with E-state index in [1.807, 2.05) is 30.6 Å². The minimum absolute atomic E-state index is 0.0724. The number of aromatic nitrogens is 3. The Labute approximate surface area is 191 Å². The van der Waals surface area contributed by atoms with E-state index in [2.05, 4.69) is 66.5 Å². The van der Waals surface area contributed by atoms with Crippen LogP contribution in [-0.2, 0) is 6.54 Å². The van der Waals surface area contributed by atoms with E-state index in [9.17, 15) is 4.79 Å². The molecule has 0 saturated carbocycles. The van der Waals surface area contributed by atoms with Gasteiger partial charge in [0.05, 0.1) is 35.0 Å². The number of carbonyl (C=O) groups is 1. The van der Waals surface area contributed by atoms with Crippen molar-refractivity contribution in [1.29, 1.82) is 0 Å². The molecule has 33 heavy (non-hydrogen) atoms. The van der Waals surface area contributed by atoms with Crippen LogP contribution in [0.3, 0.4) is 0 Å². The third-order valence-electron chi connectivity index (χ3n) is 6.39. The highest BCUT2D eigenvalue weighted by Crippen LogP contribution is 2.35. The highest BCUT2D eigenvalue weighted by atomic mass is 16.1. The molecule has 0 unspecified atom stereocenters.